The minimum atomic E-state index is -4.77. The molecule has 2 heterocycles. The van der Waals surface area contributed by atoms with Gasteiger partial charge in [-0.2, -0.15) is 0 Å². The zero-order chi connectivity index (χ0) is 27.2. The molecule has 5 rings (SSSR count). The van der Waals surface area contributed by atoms with Crippen molar-refractivity contribution in [2.45, 2.75) is 50.8 Å². The third kappa shape index (κ3) is 5.62. The number of amides is 1. The lowest BCUT2D eigenvalue weighted by atomic mass is 9.92. The van der Waals surface area contributed by atoms with E-state index >= 15 is 0 Å². The average molecular weight is 549 g/mol. The number of nitrogens with zero attached hydrogens (tertiary/aromatic N) is 2. The van der Waals surface area contributed by atoms with Gasteiger partial charge in [-0.25, -0.2) is 0 Å². The summed E-state index contributed by atoms with van der Waals surface area (Å²) in [7, 11) is 1.79. The lowest BCUT2D eigenvalue weighted by Gasteiger charge is -2.32. The van der Waals surface area contributed by atoms with Gasteiger partial charge in [-0.3, -0.25) is 9.59 Å². The maximum Gasteiger partial charge on any atom is 0.573 e. The number of rotatable bonds is 7. The summed E-state index contributed by atoms with van der Waals surface area (Å²) in [4.78, 5) is 26.2. The van der Waals surface area contributed by atoms with E-state index in [1.165, 1.54) is 12.1 Å². The predicted octanol–water partition coefficient (Wildman–Crippen LogP) is 6.53. The first kappa shape index (κ1) is 26.4. The fourth-order valence-corrected chi connectivity index (χ4v) is 5.75. The number of halogens is 4. The van der Waals surface area contributed by atoms with Gasteiger partial charge in [0, 0.05) is 50.1 Å². The number of fused-ring (bicyclic) bond motifs is 1. The minimum absolute atomic E-state index is 0.0633. The predicted molar refractivity (Wildman–Crippen MR) is 137 cm³/mol. The molecule has 2 aromatic carbocycles. The first-order chi connectivity index (χ1) is 18.0. The third-order valence-electron chi connectivity index (χ3n) is 7.60. The summed E-state index contributed by atoms with van der Waals surface area (Å²) >= 11 is 6.92. The van der Waals surface area contributed by atoms with Crippen LogP contribution in [-0.2, 0) is 18.3 Å². The van der Waals surface area contributed by atoms with Crippen LogP contribution in [-0.4, -0.2) is 45.9 Å². The molecule has 1 N–H and O–H groups in total. The van der Waals surface area contributed by atoms with Crippen molar-refractivity contribution in [3.63, 3.8) is 0 Å². The topological polar surface area (TPSA) is 71.8 Å². The van der Waals surface area contributed by atoms with Crippen LogP contribution < -0.4 is 4.74 Å². The maximum absolute atomic E-state index is 13.4. The fourth-order valence-electron chi connectivity index (χ4n) is 5.43. The fraction of sp³-hybridized carbons (Fsp3) is 0.429. The van der Waals surface area contributed by atoms with Crippen LogP contribution >= 0.6 is 11.6 Å². The summed E-state index contributed by atoms with van der Waals surface area (Å²) in [5.74, 6) is -0.837. The number of aryl methyl sites for hydroxylation is 1. The third-order valence-corrected chi connectivity index (χ3v) is 8.03. The van der Waals surface area contributed by atoms with E-state index in [0.717, 1.165) is 35.0 Å². The molecule has 1 saturated heterocycles. The van der Waals surface area contributed by atoms with E-state index < -0.39 is 12.3 Å². The number of benzene rings is 2. The van der Waals surface area contributed by atoms with Crippen LogP contribution in [0.15, 0.2) is 36.4 Å². The first-order valence-electron chi connectivity index (χ1n) is 12.7. The van der Waals surface area contributed by atoms with E-state index in [9.17, 15) is 22.8 Å². The number of carboxylic acids is 1. The standard InChI is InChI=1S/C28H28ClF3N2O4/c1-33-19(13-18-4-5-20(15-24(18)33)38-28(30,31)32)14-23-21(17-2-3-17)6-7-22(26(23)29)27(37)34-10-8-16(9-11-34)12-25(35)36/h4-7,13,15-17H,2-3,8-12,14H2,1H3,(H,35,36). The maximum atomic E-state index is 13.4. The second-order valence-electron chi connectivity index (χ2n) is 10.2. The Kier molecular flexibility index (Phi) is 7.07. The van der Waals surface area contributed by atoms with Gasteiger partial charge in [0.25, 0.3) is 5.91 Å². The number of piperidine rings is 1. The molecule has 1 aromatic heterocycles. The lowest BCUT2D eigenvalue weighted by Crippen LogP contribution is -2.39. The number of carbonyl (C=O) groups excluding carboxylic acids is 1. The van der Waals surface area contributed by atoms with E-state index in [-0.39, 0.29) is 24.0 Å². The Hall–Kier alpha value is -3.20. The number of aromatic nitrogens is 1. The molecule has 1 aliphatic carbocycles. The monoisotopic (exact) mass is 548 g/mol. The Morgan fingerprint density at radius 1 is 1.08 bits per heavy atom. The van der Waals surface area contributed by atoms with Gasteiger partial charge in [-0.1, -0.05) is 17.7 Å². The van der Waals surface area contributed by atoms with Crippen molar-refractivity contribution in [2.75, 3.05) is 13.1 Å². The summed E-state index contributed by atoms with van der Waals surface area (Å²) in [5.41, 5.74) is 3.83. The molecule has 0 spiro atoms. The van der Waals surface area contributed by atoms with Gasteiger partial charge in [0.05, 0.1) is 16.1 Å². The molecule has 0 atom stereocenters. The van der Waals surface area contributed by atoms with E-state index in [0.29, 0.717) is 54.4 Å². The Bertz CT molecular complexity index is 1390. The van der Waals surface area contributed by atoms with Gasteiger partial charge in [-0.05, 0) is 72.9 Å². The second kappa shape index (κ2) is 10.2. The number of alkyl halides is 3. The van der Waals surface area contributed by atoms with Gasteiger partial charge in [0.1, 0.15) is 5.75 Å². The molecule has 0 unspecified atom stereocenters. The number of carbonyl (C=O) groups is 2. The van der Waals surface area contributed by atoms with Crippen LogP contribution in [0.4, 0.5) is 13.2 Å². The van der Waals surface area contributed by atoms with Gasteiger partial charge in [-0.15, -0.1) is 13.2 Å². The number of aliphatic carboxylic acids is 1. The Morgan fingerprint density at radius 3 is 2.42 bits per heavy atom. The van der Waals surface area contributed by atoms with Crippen molar-refractivity contribution < 1.29 is 32.6 Å². The zero-order valence-corrected chi connectivity index (χ0v) is 21.6. The highest BCUT2D eigenvalue weighted by Gasteiger charge is 2.32. The quantitative estimate of drug-likeness (QED) is 0.364. The van der Waals surface area contributed by atoms with Crippen LogP contribution in [0.1, 0.15) is 65.2 Å². The van der Waals surface area contributed by atoms with E-state index in [1.54, 1.807) is 24.1 Å². The van der Waals surface area contributed by atoms with Crippen molar-refractivity contribution in [3.05, 3.63) is 63.8 Å². The van der Waals surface area contributed by atoms with E-state index in [2.05, 4.69) is 4.74 Å². The van der Waals surface area contributed by atoms with Crippen molar-refractivity contribution in [1.29, 1.82) is 0 Å². The smallest absolute Gasteiger partial charge is 0.481 e. The number of hydrogen-bond acceptors (Lipinski definition) is 3. The largest absolute Gasteiger partial charge is 0.573 e. The molecular formula is C28H28ClF3N2O4. The summed E-state index contributed by atoms with van der Waals surface area (Å²) in [6.45, 7) is 0.969. The average Bonchev–Trinajstić information content (AvgIpc) is 3.64. The van der Waals surface area contributed by atoms with Gasteiger partial charge < -0.3 is 19.3 Å². The molecule has 2 aliphatic rings. The molecule has 1 amide bonds. The highest BCUT2D eigenvalue weighted by Crippen LogP contribution is 2.45. The van der Waals surface area contributed by atoms with E-state index in [4.69, 9.17) is 16.7 Å². The van der Waals surface area contributed by atoms with E-state index in [1.807, 2.05) is 16.7 Å². The molecule has 6 nitrogen and oxygen atoms in total. The number of likely N-dealkylation sites (tertiary alicyclic amines) is 1. The van der Waals surface area contributed by atoms with Crippen LogP contribution in [0.2, 0.25) is 5.02 Å². The van der Waals surface area contributed by atoms with Gasteiger partial charge >= 0.3 is 12.3 Å². The molecule has 38 heavy (non-hydrogen) atoms. The zero-order valence-electron chi connectivity index (χ0n) is 20.9. The SMILES string of the molecule is Cn1c(Cc2c(C3CC3)ccc(C(=O)N3CCC(CC(=O)O)CC3)c2Cl)cc2ccc(OC(F)(F)F)cc21. The molecule has 0 bridgehead atoms. The highest BCUT2D eigenvalue weighted by molar-refractivity contribution is 6.34. The molecule has 2 fully saturated rings. The van der Waals surface area contributed by atoms with Crippen LogP contribution in [0.5, 0.6) is 5.75 Å². The second-order valence-corrected chi connectivity index (χ2v) is 10.6. The summed E-state index contributed by atoms with van der Waals surface area (Å²) in [6, 6.07) is 9.93. The minimum Gasteiger partial charge on any atom is -0.481 e. The number of hydrogen-bond donors (Lipinski definition) is 1. The van der Waals surface area contributed by atoms with Crippen molar-refractivity contribution >= 4 is 34.4 Å². The Labute approximate surface area is 222 Å². The Balaban J connectivity index is 1.42. The van der Waals surface area contributed by atoms with Gasteiger partial charge in [0.15, 0.2) is 0 Å². The highest BCUT2D eigenvalue weighted by atomic mass is 35.5. The number of ether oxygens (including phenoxy) is 1. The Morgan fingerprint density at radius 2 is 1.79 bits per heavy atom. The van der Waals surface area contributed by atoms with Gasteiger partial charge in [0.2, 0.25) is 0 Å². The van der Waals surface area contributed by atoms with Crippen molar-refractivity contribution in [2.24, 2.45) is 13.0 Å². The molecule has 3 aromatic rings. The lowest BCUT2D eigenvalue weighted by molar-refractivity contribution is -0.274. The normalized spacial score (nSPS) is 16.7. The molecule has 1 aliphatic heterocycles. The molecular weight excluding hydrogens is 521 g/mol. The van der Waals surface area contributed by atoms with Crippen molar-refractivity contribution in [3.8, 4) is 5.75 Å². The first-order valence-corrected chi connectivity index (χ1v) is 13.0. The summed E-state index contributed by atoms with van der Waals surface area (Å²) < 4.78 is 44.1. The van der Waals surface area contributed by atoms with Crippen LogP contribution in [0.3, 0.4) is 0 Å². The molecule has 202 valence electrons. The molecule has 1 saturated carbocycles. The molecule has 0 radical (unpaired) electrons. The number of carboxylic acid groups (broad SMARTS) is 1. The molecule has 10 heteroatoms. The van der Waals surface area contributed by atoms with Crippen LogP contribution in [0, 0.1) is 5.92 Å². The summed E-state index contributed by atoms with van der Waals surface area (Å²) in [6.07, 6.45) is -0.878. The van der Waals surface area contributed by atoms with Crippen LogP contribution in [0.25, 0.3) is 10.9 Å². The van der Waals surface area contributed by atoms with Crippen molar-refractivity contribution in [1.82, 2.24) is 9.47 Å². The summed E-state index contributed by atoms with van der Waals surface area (Å²) in [5, 5.41) is 10.2.